The largest absolute Gasteiger partial charge is 0.347 e. The van der Waals surface area contributed by atoms with E-state index in [2.05, 4.69) is 21.4 Å². The van der Waals surface area contributed by atoms with Crippen molar-refractivity contribution in [1.82, 2.24) is 15.3 Å². The molecule has 0 bridgehead atoms. The predicted octanol–water partition coefficient (Wildman–Crippen LogP) is 3.44. The molecule has 0 atom stereocenters. The first kappa shape index (κ1) is 13.9. The molecule has 0 saturated heterocycles. The zero-order chi connectivity index (χ0) is 15.6. The number of nitrogens with zero attached hydrogens (tertiary/aromatic N) is 2. The number of amides is 1. The molecule has 0 spiro atoms. The van der Waals surface area contributed by atoms with Crippen molar-refractivity contribution in [3.63, 3.8) is 0 Å². The van der Waals surface area contributed by atoms with Crippen LogP contribution in [0.15, 0.2) is 54.9 Å². The molecule has 1 aliphatic rings. The summed E-state index contributed by atoms with van der Waals surface area (Å²) in [6.45, 7) is 0.473. The normalized spacial score (nSPS) is 13.9. The van der Waals surface area contributed by atoms with E-state index in [4.69, 9.17) is 0 Å². The topological polar surface area (TPSA) is 54.9 Å². The lowest BCUT2D eigenvalue weighted by atomic mass is 10.1. The maximum atomic E-state index is 12.3. The number of para-hydroxylation sites is 1. The summed E-state index contributed by atoms with van der Waals surface area (Å²) in [5, 5.41) is 3.96. The van der Waals surface area contributed by atoms with E-state index in [1.807, 2.05) is 36.5 Å². The van der Waals surface area contributed by atoms with Crippen LogP contribution in [0.3, 0.4) is 0 Å². The summed E-state index contributed by atoms with van der Waals surface area (Å²) in [6.07, 6.45) is 6.23. The van der Waals surface area contributed by atoms with Gasteiger partial charge < -0.3 is 5.32 Å². The molecule has 4 rings (SSSR count). The van der Waals surface area contributed by atoms with Gasteiger partial charge in [-0.15, -0.1) is 0 Å². The van der Waals surface area contributed by atoms with Gasteiger partial charge in [0.05, 0.1) is 5.52 Å². The molecule has 0 radical (unpaired) electrons. The van der Waals surface area contributed by atoms with Crippen molar-refractivity contribution < 1.29 is 4.79 Å². The minimum absolute atomic E-state index is 0.160. The molecule has 4 heteroatoms. The molecule has 0 aliphatic heterocycles. The standard InChI is InChI=1S/C19H17N3O/c23-19(18-8-7-15-3-1-2-4-17(15)22-18)21-11-13-9-16(12-20-10-13)14-5-6-14/h1-4,7-10,12,14H,5-6,11H2,(H,21,23). The van der Waals surface area contributed by atoms with E-state index in [9.17, 15) is 4.79 Å². The molecule has 114 valence electrons. The van der Waals surface area contributed by atoms with Crippen molar-refractivity contribution in [2.75, 3.05) is 0 Å². The third-order valence-corrected chi connectivity index (χ3v) is 4.15. The Morgan fingerprint density at radius 1 is 1.13 bits per heavy atom. The van der Waals surface area contributed by atoms with Crippen LogP contribution >= 0.6 is 0 Å². The van der Waals surface area contributed by atoms with E-state index in [0.717, 1.165) is 16.5 Å². The van der Waals surface area contributed by atoms with Gasteiger partial charge in [0.1, 0.15) is 5.69 Å². The fraction of sp³-hybridized carbons (Fsp3) is 0.211. The highest BCUT2D eigenvalue weighted by molar-refractivity contribution is 5.94. The first-order valence-electron chi connectivity index (χ1n) is 7.87. The molecule has 1 fully saturated rings. The van der Waals surface area contributed by atoms with Crippen LogP contribution in [0.2, 0.25) is 0 Å². The van der Waals surface area contributed by atoms with Gasteiger partial charge in [-0.1, -0.05) is 30.3 Å². The molecule has 3 aromatic rings. The number of aromatic nitrogens is 2. The summed E-state index contributed by atoms with van der Waals surface area (Å²) < 4.78 is 0. The first-order valence-corrected chi connectivity index (χ1v) is 7.87. The van der Waals surface area contributed by atoms with E-state index >= 15 is 0 Å². The molecule has 1 amide bonds. The van der Waals surface area contributed by atoms with Crippen LogP contribution in [-0.4, -0.2) is 15.9 Å². The monoisotopic (exact) mass is 303 g/mol. The second kappa shape index (κ2) is 5.80. The van der Waals surface area contributed by atoms with Crippen LogP contribution in [0, 0.1) is 0 Å². The van der Waals surface area contributed by atoms with Crippen molar-refractivity contribution >= 4 is 16.8 Å². The number of pyridine rings is 2. The van der Waals surface area contributed by atoms with Gasteiger partial charge in [-0.25, -0.2) is 4.98 Å². The molecular formula is C19H17N3O. The molecule has 0 unspecified atom stereocenters. The molecule has 1 N–H and O–H groups in total. The Balaban J connectivity index is 1.47. The van der Waals surface area contributed by atoms with Crippen LogP contribution in [0.1, 0.15) is 40.4 Å². The number of carbonyl (C=O) groups excluding carboxylic acids is 1. The Hall–Kier alpha value is -2.75. The molecule has 2 aromatic heterocycles. The highest BCUT2D eigenvalue weighted by Crippen LogP contribution is 2.39. The molecule has 23 heavy (non-hydrogen) atoms. The number of fused-ring (bicyclic) bond motifs is 1. The van der Waals surface area contributed by atoms with Crippen LogP contribution in [0.5, 0.6) is 0 Å². The first-order chi connectivity index (χ1) is 11.3. The molecule has 1 aromatic carbocycles. The Morgan fingerprint density at radius 2 is 2.00 bits per heavy atom. The van der Waals surface area contributed by atoms with Crippen LogP contribution < -0.4 is 5.32 Å². The average molecular weight is 303 g/mol. The average Bonchev–Trinajstić information content (AvgIpc) is 3.44. The van der Waals surface area contributed by atoms with E-state index in [1.54, 1.807) is 12.3 Å². The van der Waals surface area contributed by atoms with Crippen LogP contribution in [0.25, 0.3) is 10.9 Å². The van der Waals surface area contributed by atoms with Crippen molar-refractivity contribution in [1.29, 1.82) is 0 Å². The lowest BCUT2D eigenvalue weighted by Gasteiger charge is -2.07. The fourth-order valence-electron chi connectivity index (χ4n) is 2.71. The molecule has 1 saturated carbocycles. The molecule has 2 heterocycles. The summed E-state index contributed by atoms with van der Waals surface area (Å²) in [7, 11) is 0. The van der Waals surface area contributed by atoms with E-state index in [1.165, 1.54) is 18.4 Å². The lowest BCUT2D eigenvalue weighted by Crippen LogP contribution is -2.23. The lowest BCUT2D eigenvalue weighted by molar-refractivity contribution is 0.0946. The summed E-state index contributed by atoms with van der Waals surface area (Å²) in [5.41, 5.74) is 3.58. The van der Waals surface area contributed by atoms with Crippen LogP contribution in [-0.2, 0) is 6.54 Å². The van der Waals surface area contributed by atoms with Gasteiger partial charge in [0.2, 0.25) is 0 Å². The highest BCUT2D eigenvalue weighted by atomic mass is 16.1. The number of nitrogens with one attached hydrogen (secondary N) is 1. The number of benzene rings is 1. The van der Waals surface area contributed by atoms with Gasteiger partial charge >= 0.3 is 0 Å². The van der Waals surface area contributed by atoms with Crippen molar-refractivity contribution in [3.8, 4) is 0 Å². The number of rotatable bonds is 4. The molecule has 4 nitrogen and oxygen atoms in total. The third-order valence-electron chi connectivity index (χ3n) is 4.15. The van der Waals surface area contributed by atoms with E-state index in [0.29, 0.717) is 18.2 Å². The van der Waals surface area contributed by atoms with Gasteiger partial charge in [-0.3, -0.25) is 9.78 Å². The van der Waals surface area contributed by atoms with Gasteiger partial charge in [-0.2, -0.15) is 0 Å². The zero-order valence-corrected chi connectivity index (χ0v) is 12.7. The Labute approximate surface area is 134 Å². The summed E-state index contributed by atoms with van der Waals surface area (Å²) in [4.78, 5) is 21.0. The predicted molar refractivity (Wildman–Crippen MR) is 89.1 cm³/mol. The maximum Gasteiger partial charge on any atom is 0.270 e. The molecular weight excluding hydrogens is 286 g/mol. The van der Waals surface area contributed by atoms with Gasteiger partial charge in [0.15, 0.2) is 0 Å². The van der Waals surface area contributed by atoms with E-state index < -0.39 is 0 Å². The Kier molecular flexibility index (Phi) is 3.50. The summed E-state index contributed by atoms with van der Waals surface area (Å²) in [6, 6.07) is 13.6. The minimum Gasteiger partial charge on any atom is -0.347 e. The minimum atomic E-state index is -0.160. The van der Waals surface area contributed by atoms with Crippen molar-refractivity contribution in [3.05, 3.63) is 71.7 Å². The number of hydrogen-bond donors (Lipinski definition) is 1. The second-order valence-electron chi connectivity index (χ2n) is 5.97. The summed E-state index contributed by atoms with van der Waals surface area (Å²) >= 11 is 0. The fourth-order valence-corrected chi connectivity index (χ4v) is 2.71. The number of hydrogen-bond acceptors (Lipinski definition) is 3. The van der Waals surface area contributed by atoms with Gasteiger partial charge in [0.25, 0.3) is 5.91 Å². The summed E-state index contributed by atoms with van der Waals surface area (Å²) in [5.74, 6) is 0.507. The SMILES string of the molecule is O=C(NCc1cncc(C2CC2)c1)c1ccc2ccccc2n1. The second-order valence-corrected chi connectivity index (χ2v) is 5.97. The smallest absolute Gasteiger partial charge is 0.270 e. The van der Waals surface area contributed by atoms with E-state index in [-0.39, 0.29) is 5.91 Å². The zero-order valence-electron chi connectivity index (χ0n) is 12.7. The quantitative estimate of drug-likeness (QED) is 0.803. The highest BCUT2D eigenvalue weighted by Gasteiger charge is 2.23. The number of carbonyl (C=O) groups is 1. The Morgan fingerprint density at radius 3 is 2.87 bits per heavy atom. The van der Waals surface area contributed by atoms with Gasteiger partial charge in [0, 0.05) is 24.3 Å². The van der Waals surface area contributed by atoms with Crippen molar-refractivity contribution in [2.24, 2.45) is 0 Å². The van der Waals surface area contributed by atoms with Crippen LogP contribution in [0.4, 0.5) is 0 Å². The maximum absolute atomic E-state index is 12.3. The Bertz CT molecular complexity index is 871. The third kappa shape index (κ3) is 3.06. The molecule has 1 aliphatic carbocycles. The van der Waals surface area contributed by atoms with Gasteiger partial charge in [-0.05, 0) is 42.0 Å². The van der Waals surface area contributed by atoms with Crippen molar-refractivity contribution in [2.45, 2.75) is 25.3 Å².